The molecule has 27 heavy (non-hydrogen) atoms. The third-order valence-electron chi connectivity index (χ3n) is 3.52. The van der Waals surface area contributed by atoms with E-state index in [2.05, 4.69) is 53.1 Å². The van der Waals surface area contributed by atoms with Gasteiger partial charge in [0.1, 0.15) is 10.1 Å². The SMILES string of the molecule is O=C(CCN1C(=O)C(=Cc2ccco2)SC1=S)Nc1c(Br)cc(Br)cc1Br. The Balaban J connectivity index is 1.62. The minimum Gasteiger partial charge on any atom is -0.465 e. The highest BCUT2D eigenvalue weighted by atomic mass is 79.9. The Morgan fingerprint density at radius 2 is 2.00 bits per heavy atom. The van der Waals surface area contributed by atoms with Gasteiger partial charge in [0.05, 0.1) is 16.9 Å². The number of nitrogens with zero attached hydrogens (tertiary/aromatic N) is 1. The number of carbonyl (C=O) groups is 2. The molecule has 2 heterocycles. The molecule has 0 aliphatic carbocycles. The zero-order valence-corrected chi connectivity index (χ0v) is 19.9. The Hall–Kier alpha value is -0.940. The maximum absolute atomic E-state index is 12.5. The average Bonchev–Trinajstić information content (AvgIpc) is 3.19. The summed E-state index contributed by atoms with van der Waals surface area (Å²) in [7, 11) is 0. The number of rotatable bonds is 5. The van der Waals surface area contributed by atoms with Crippen LogP contribution in [0.5, 0.6) is 0 Å². The predicted molar refractivity (Wildman–Crippen MR) is 121 cm³/mol. The number of carbonyl (C=O) groups excluding carboxylic acids is 2. The Kier molecular flexibility index (Phi) is 6.96. The molecule has 1 fully saturated rings. The van der Waals surface area contributed by atoms with Crippen LogP contribution in [0.4, 0.5) is 5.69 Å². The first-order chi connectivity index (χ1) is 12.8. The predicted octanol–water partition coefficient (Wildman–Crippen LogP) is 5.80. The van der Waals surface area contributed by atoms with Crippen LogP contribution in [0.2, 0.25) is 0 Å². The van der Waals surface area contributed by atoms with Gasteiger partial charge in [-0.15, -0.1) is 0 Å². The fourth-order valence-corrected chi connectivity index (χ4v) is 6.02. The second kappa shape index (κ2) is 9.04. The number of amides is 2. The van der Waals surface area contributed by atoms with Crippen LogP contribution in [0, 0.1) is 0 Å². The molecule has 1 N–H and O–H groups in total. The van der Waals surface area contributed by atoms with Crippen molar-refractivity contribution in [1.82, 2.24) is 4.90 Å². The van der Waals surface area contributed by atoms with Crippen LogP contribution < -0.4 is 5.32 Å². The molecule has 140 valence electrons. The number of hydrogen-bond donors (Lipinski definition) is 1. The summed E-state index contributed by atoms with van der Waals surface area (Å²) in [5.74, 6) is 0.140. The molecule has 3 rings (SSSR count). The van der Waals surface area contributed by atoms with Gasteiger partial charge >= 0.3 is 0 Å². The molecule has 1 aliphatic rings. The third-order valence-corrected chi connectivity index (χ3v) is 6.61. The van der Waals surface area contributed by atoms with Crippen molar-refractivity contribution in [1.29, 1.82) is 0 Å². The molecule has 1 aromatic heterocycles. The van der Waals surface area contributed by atoms with Gasteiger partial charge in [0, 0.05) is 32.5 Å². The summed E-state index contributed by atoms with van der Waals surface area (Å²) in [6.07, 6.45) is 3.31. The summed E-state index contributed by atoms with van der Waals surface area (Å²) in [5.41, 5.74) is 0.631. The topological polar surface area (TPSA) is 62.6 Å². The van der Waals surface area contributed by atoms with Crippen LogP contribution in [0.1, 0.15) is 12.2 Å². The van der Waals surface area contributed by atoms with Crippen molar-refractivity contribution in [2.75, 3.05) is 11.9 Å². The lowest BCUT2D eigenvalue weighted by Crippen LogP contribution is -2.31. The number of thioether (sulfide) groups is 1. The number of nitrogens with one attached hydrogen (secondary N) is 1. The van der Waals surface area contributed by atoms with E-state index in [0.717, 1.165) is 13.4 Å². The molecule has 2 amide bonds. The van der Waals surface area contributed by atoms with E-state index < -0.39 is 0 Å². The number of benzene rings is 1. The molecular weight excluding hydrogens is 584 g/mol. The van der Waals surface area contributed by atoms with Crippen LogP contribution in [-0.2, 0) is 9.59 Å². The number of anilines is 1. The minimum atomic E-state index is -0.222. The van der Waals surface area contributed by atoms with Crippen LogP contribution in [0.3, 0.4) is 0 Å². The first-order valence-corrected chi connectivity index (χ1v) is 11.2. The van der Waals surface area contributed by atoms with Gasteiger partial charge in [-0.2, -0.15) is 0 Å². The van der Waals surface area contributed by atoms with E-state index in [4.69, 9.17) is 16.6 Å². The van der Waals surface area contributed by atoms with Crippen molar-refractivity contribution < 1.29 is 14.0 Å². The maximum atomic E-state index is 12.5. The summed E-state index contributed by atoms with van der Waals surface area (Å²) in [5, 5.41) is 2.84. The molecule has 0 unspecified atom stereocenters. The van der Waals surface area contributed by atoms with Crippen LogP contribution in [-0.4, -0.2) is 27.6 Å². The largest absolute Gasteiger partial charge is 0.465 e. The molecule has 0 spiro atoms. The van der Waals surface area contributed by atoms with Gasteiger partial charge < -0.3 is 9.73 Å². The Morgan fingerprint density at radius 1 is 1.30 bits per heavy atom. The van der Waals surface area contributed by atoms with E-state index in [1.54, 1.807) is 18.2 Å². The number of halogens is 3. The van der Waals surface area contributed by atoms with Crippen LogP contribution >= 0.6 is 71.8 Å². The van der Waals surface area contributed by atoms with E-state index in [0.29, 0.717) is 20.7 Å². The molecule has 0 radical (unpaired) electrons. The van der Waals surface area contributed by atoms with Gasteiger partial charge in [-0.05, 0) is 56.1 Å². The van der Waals surface area contributed by atoms with Gasteiger partial charge in [-0.25, -0.2) is 0 Å². The fraction of sp³-hybridized carbons (Fsp3) is 0.118. The van der Waals surface area contributed by atoms with E-state index >= 15 is 0 Å². The lowest BCUT2D eigenvalue weighted by atomic mass is 10.3. The highest BCUT2D eigenvalue weighted by molar-refractivity contribution is 9.11. The molecule has 1 saturated heterocycles. The van der Waals surface area contributed by atoms with Gasteiger partial charge in [-0.1, -0.05) is 39.9 Å². The standard InChI is InChI=1S/C17H11Br3N2O3S2/c18-9-6-11(19)15(12(20)7-9)21-14(23)3-4-22-16(24)13(27-17(22)26)8-10-2-1-5-25-10/h1-2,5-8H,3-4H2,(H,21,23). The summed E-state index contributed by atoms with van der Waals surface area (Å²) in [6.45, 7) is 0.206. The summed E-state index contributed by atoms with van der Waals surface area (Å²) >= 11 is 16.7. The van der Waals surface area contributed by atoms with E-state index in [-0.39, 0.29) is 24.8 Å². The van der Waals surface area contributed by atoms with E-state index in [1.807, 2.05) is 12.1 Å². The third kappa shape index (κ3) is 5.11. The second-order valence-corrected chi connectivity index (χ2v) is 9.69. The monoisotopic (exact) mass is 592 g/mol. The maximum Gasteiger partial charge on any atom is 0.266 e. The number of thiocarbonyl (C=S) groups is 1. The smallest absolute Gasteiger partial charge is 0.266 e. The van der Waals surface area contributed by atoms with Crippen molar-refractivity contribution in [3.63, 3.8) is 0 Å². The summed E-state index contributed by atoms with van der Waals surface area (Å²) in [4.78, 5) is 26.8. The molecule has 5 nitrogen and oxygen atoms in total. The Morgan fingerprint density at radius 3 is 2.63 bits per heavy atom. The highest BCUT2D eigenvalue weighted by Crippen LogP contribution is 2.35. The normalized spacial score (nSPS) is 15.7. The van der Waals surface area contributed by atoms with Gasteiger partial charge in [0.15, 0.2) is 0 Å². The molecule has 1 aliphatic heterocycles. The molecule has 2 aromatic rings. The minimum absolute atomic E-state index is 0.120. The fourth-order valence-electron chi connectivity index (χ4n) is 2.27. The molecular formula is C17H11Br3N2O3S2. The van der Waals surface area contributed by atoms with Crippen LogP contribution in [0.15, 0.2) is 53.3 Å². The highest BCUT2D eigenvalue weighted by Gasteiger charge is 2.32. The van der Waals surface area contributed by atoms with Crippen molar-refractivity contribution in [2.24, 2.45) is 0 Å². The van der Waals surface area contributed by atoms with Crippen molar-refractivity contribution in [2.45, 2.75) is 6.42 Å². The molecule has 1 aromatic carbocycles. The second-order valence-electron chi connectivity index (χ2n) is 5.39. The molecule has 0 bridgehead atoms. The van der Waals surface area contributed by atoms with E-state index in [1.165, 1.54) is 22.9 Å². The van der Waals surface area contributed by atoms with E-state index in [9.17, 15) is 9.59 Å². The first kappa shape index (κ1) is 20.8. The van der Waals surface area contributed by atoms with Crippen molar-refractivity contribution >= 4 is 99.7 Å². The molecule has 0 saturated carbocycles. The summed E-state index contributed by atoms with van der Waals surface area (Å²) < 4.78 is 8.01. The van der Waals surface area contributed by atoms with Gasteiger partial charge in [0.25, 0.3) is 5.91 Å². The van der Waals surface area contributed by atoms with Gasteiger partial charge in [0.2, 0.25) is 5.91 Å². The zero-order chi connectivity index (χ0) is 19.6. The van der Waals surface area contributed by atoms with Gasteiger partial charge in [-0.3, -0.25) is 14.5 Å². The number of hydrogen-bond acceptors (Lipinski definition) is 5. The molecule has 10 heteroatoms. The van der Waals surface area contributed by atoms with Crippen molar-refractivity contribution in [3.05, 3.63) is 54.6 Å². The Labute approximate surface area is 190 Å². The summed E-state index contributed by atoms with van der Waals surface area (Å²) in [6, 6.07) is 7.17. The lowest BCUT2D eigenvalue weighted by molar-refractivity contribution is -0.122. The average molecular weight is 595 g/mol. The van der Waals surface area contributed by atoms with Crippen LogP contribution in [0.25, 0.3) is 6.08 Å². The molecule has 0 atom stereocenters. The lowest BCUT2D eigenvalue weighted by Gasteiger charge is -2.15. The van der Waals surface area contributed by atoms with Crippen molar-refractivity contribution in [3.8, 4) is 0 Å². The first-order valence-electron chi connectivity index (χ1n) is 7.58. The quantitative estimate of drug-likeness (QED) is 0.350. The Bertz CT molecular complexity index is 922. The zero-order valence-electron chi connectivity index (χ0n) is 13.5. The number of furan rings is 1.